The number of halogens is 1. The molecule has 0 heterocycles. The summed E-state index contributed by atoms with van der Waals surface area (Å²) in [4.78, 5) is 22.1. The minimum absolute atomic E-state index is 0.0233. The first-order valence-corrected chi connectivity index (χ1v) is 7.31. The van der Waals surface area contributed by atoms with Gasteiger partial charge in [0.25, 0.3) is 0 Å². The van der Waals surface area contributed by atoms with Crippen LogP contribution < -0.4 is 4.74 Å². The number of Topliss-reactive ketones (excluding diaryl/α,β-unsaturated/α-hetero) is 1. The predicted octanol–water partition coefficient (Wildman–Crippen LogP) is 3.77. The lowest BCUT2D eigenvalue weighted by Crippen LogP contribution is -2.00. The smallest absolute Gasteiger partial charge is 0.335 e. The number of ketones is 1. The molecule has 4 nitrogen and oxygen atoms in total. The number of ether oxygens (including phenoxy) is 1. The summed E-state index contributed by atoms with van der Waals surface area (Å²) in [6, 6.07) is 11.8. The first-order chi connectivity index (χ1) is 9.97. The third kappa shape index (κ3) is 4.04. The molecule has 2 rings (SSSR count). The van der Waals surface area contributed by atoms with Gasteiger partial charge < -0.3 is 9.84 Å². The standard InChI is InChI=1S/C16H13IO4/c1-10(18)14-7-6-13(8-15(14)17)21-9-11-2-4-12(5-3-11)16(19)20/h2-8H,9H2,1H3,(H,19,20). The Kier molecular flexibility index (Phi) is 4.95. The van der Waals surface area contributed by atoms with Crippen molar-refractivity contribution in [1.29, 1.82) is 0 Å². The monoisotopic (exact) mass is 396 g/mol. The number of carbonyl (C=O) groups is 2. The Morgan fingerprint density at radius 2 is 1.81 bits per heavy atom. The van der Waals surface area contributed by atoms with Crippen molar-refractivity contribution in [2.75, 3.05) is 0 Å². The summed E-state index contributed by atoms with van der Waals surface area (Å²) in [5.41, 5.74) is 1.80. The Hall–Kier alpha value is -1.89. The maximum absolute atomic E-state index is 11.4. The molecule has 21 heavy (non-hydrogen) atoms. The predicted molar refractivity (Wildman–Crippen MR) is 86.9 cm³/mol. The third-order valence-corrected chi connectivity index (χ3v) is 3.82. The molecule has 2 aromatic rings. The lowest BCUT2D eigenvalue weighted by molar-refractivity contribution is 0.0696. The van der Waals surface area contributed by atoms with Crippen LogP contribution in [0.2, 0.25) is 0 Å². The Morgan fingerprint density at radius 3 is 2.33 bits per heavy atom. The molecule has 108 valence electrons. The Balaban J connectivity index is 2.04. The Morgan fingerprint density at radius 1 is 1.14 bits per heavy atom. The van der Waals surface area contributed by atoms with E-state index in [0.29, 0.717) is 17.9 Å². The van der Waals surface area contributed by atoms with Crippen molar-refractivity contribution in [2.45, 2.75) is 13.5 Å². The molecule has 0 fully saturated rings. The van der Waals surface area contributed by atoms with E-state index >= 15 is 0 Å². The van der Waals surface area contributed by atoms with Crippen LogP contribution in [0.4, 0.5) is 0 Å². The highest BCUT2D eigenvalue weighted by molar-refractivity contribution is 14.1. The molecular weight excluding hydrogens is 383 g/mol. The molecule has 5 heteroatoms. The zero-order valence-electron chi connectivity index (χ0n) is 11.3. The second kappa shape index (κ2) is 6.71. The zero-order chi connectivity index (χ0) is 15.4. The van der Waals surface area contributed by atoms with Crippen molar-refractivity contribution in [3.05, 3.63) is 62.7 Å². The van der Waals surface area contributed by atoms with E-state index in [1.807, 2.05) is 6.07 Å². The van der Waals surface area contributed by atoms with Gasteiger partial charge in [0, 0.05) is 9.13 Å². The van der Waals surface area contributed by atoms with Crippen molar-refractivity contribution in [3.63, 3.8) is 0 Å². The van der Waals surface area contributed by atoms with Crippen molar-refractivity contribution in [1.82, 2.24) is 0 Å². The summed E-state index contributed by atoms with van der Waals surface area (Å²) < 4.78 is 6.49. The van der Waals surface area contributed by atoms with Crippen molar-refractivity contribution in [2.24, 2.45) is 0 Å². The van der Waals surface area contributed by atoms with Crippen molar-refractivity contribution in [3.8, 4) is 5.75 Å². The molecular formula is C16H13IO4. The van der Waals surface area contributed by atoms with Gasteiger partial charge in [-0.3, -0.25) is 4.79 Å². The third-order valence-electron chi connectivity index (χ3n) is 2.93. The van der Waals surface area contributed by atoms with E-state index in [2.05, 4.69) is 22.6 Å². The number of hydrogen-bond donors (Lipinski definition) is 1. The number of carboxylic acid groups (broad SMARTS) is 1. The molecule has 0 aromatic heterocycles. The Bertz CT molecular complexity index is 677. The second-order valence-corrected chi connectivity index (χ2v) is 5.65. The van der Waals surface area contributed by atoms with Gasteiger partial charge in [-0.1, -0.05) is 12.1 Å². The van der Waals surface area contributed by atoms with Crippen LogP contribution in [0.25, 0.3) is 0 Å². The number of hydrogen-bond acceptors (Lipinski definition) is 3. The molecule has 0 aliphatic heterocycles. The van der Waals surface area contributed by atoms with Gasteiger partial charge in [0.1, 0.15) is 12.4 Å². The molecule has 0 saturated carbocycles. The summed E-state index contributed by atoms with van der Waals surface area (Å²) >= 11 is 2.10. The average molecular weight is 396 g/mol. The Labute approximate surface area is 135 Å². The summed E-state index contributed by atoms with van der Waals surface area (Å²) in [5.74, 6) is -0.251. The summed E-state index contributed by atoms with van der Waals surface area (Å²) in [7, 11) is 0. The molecule has 1 N–H and O–H groups in total. The van der Waals surface area contributed by atoms with E-state index in [-0.39, 0.29) is 11.3 Å². The van der Waals surface area contributed by atoms with Gasteiger partial charge in [0.2, 0.25) is 0 Å². The van der Waals surface area contributed by atoms with Gasteiger partial charge >= 0.3 is 5.97 Å². The molecule has 0 unspecified atom stereocenters. The molecule has 0 bridgehead atoms. The molecule has 0 saturated heterocycles. The normalized spacial score (nSPS) is 10.2. The van der Waals surface area contributed by atoms with Gasteiger partial charge in [-0.15, -0.1) is 0 Å². The van der Waals surface area contributed by atoms with Gasteiger partial charge in [-0.25, -0.2) is 4.79 Å². The van der Waals surface area contributed by atoms with E-state index < -0.39 is 5.97 Å². The van der Waals surface area contributed by atoms with Crippen LogP contribution >= 0.6 is 22.6 Å². The van der Waals surface area contributed by atoms with Gasteiger partial charge in [-0.05, 0) is 65.4 Å². The van der Waals surface area contributed by atoms with Gasteiger partial charge in [0.05, 0.1) is 5.56 Å². The molecule has 0 amide bonds. The number of carboxylic acids is 1. The fourth-order valence-corrected chi connectivity index (χ4v) is 2.65. The topological polar surface area (TPSA) is 63.6 Å². The summed E-state index contributed by atoms with van der Waals surface area (Å²) in [5, 5.41) is 8.83. The van der Waals surface area contributed by atoms with Crippen LogP contribution in [0.3, 0.4) is 0 Å². The number of rotatable bonds is 5. The van der Waals surface area contributed by atoms with E-state index in [1.54, 1.807) is 36.4 Å². The van der Waals surface area contributed by atoms with E-state index in [9.17, 15) is 9.59 Å². The van der Waals surface area contributed by atoms with E-state index in [0.717, 1.165) is 9.13 Å². The summed E-state index contributed by atoms with van der Waals surface area (Å²) in [6.07, 6.45) is 0. The lowest BCUT2D eigenvalue weighted by atomic mass is 10.1. The van der Waals surface area contributed by atoms with Crippen LogP contribution in [0, 0.1) is 3.57 Å². The molecule has 0 radical (unpaired) electrons. The minimum atomic E-state index is -0.947. The number of aromatic carboxylic acids is 1. The molecule has 0 atom stereocenters. The second-order valence-electron chi connectivity index (χ2n) is 4.49. The maximum Gasteiger partial charge on any atom is 0.335 e. The number of benzene rings is 2. The van der Waals surface area contributed by atoms with Crippen LogP contribution in [-0.2, 0) is 6.61 Å². The first-order valence-electron chi connectivity index (χ1n) is 6.23. The highest BCUT2D eigenvalue weighted by Crippen LogP contribution is 2.21. The van der Waals surface area contributed by atoms with Crippen LogP contribution in [0.5, 0.6) is 5.75 Å². The minimum Gasteiger partial charge on any atom is -0.489 e. The quantitative estimate of drug-likeness (QED) is 0.618. The van der Waals surface area contributed by atoms with Crippen LogP contribution in [0.15, 0.2) is 42.5 Å². The molecule has 0 spiro atoms. The lowest BCUT2D eigenvalue weighted by Gasteiger charge is -2.08. The largest absolute Gasteiger partial charge is 0.489 e. The van der Waals surface area contributed by atoms with E-state index in [1.165, 1.54) is 6.92 Å². The summed E-state index contributed by atoms with van der Waals surface area (Å²) in [6.45, 7) is 1.87. The van der Waals surface area contributed by atoms with E-state index in [4.69, 9.17) is 9.84 Å². The van der Waals surface area contributed by atoms with Crippen molar-refractivity contribution < 1.29 is 19.4 Å². The SMILES string of the molecule is CC(=O)c1ccc(OCc2ccc(C(=O)O)cc2)cc1I. The molecule has 0 aliphatic rings. The van der Waals surface area contributed by atoms with Gasteiger partial charge in [-0.2, -0.15) is 0 Å². The maximum atomic E-state index is 11.4. The fraction of sp³-hybridized carbons (Fsp3) is 0.125. The highest BCUT2D eigenvalue weighted by Gasteiger charge is 2.07. The first kappa shape index (κ1) is 15.5. The van der Waals surface area contributed by atoms with Crippen LogP contribution in [-0.4, -0.2) is 16.9 Å². The van der Waals surface area contributed by atoms with Crippen molar-refractivity contribution >= 4 is 34.3 Å². The van der Waals surface area contributed by atoms with Gasteiger partial charge in [0.15, 0.2) is 5.78 Å². The molecule has 0 aliphatic carbocycles. The average Bonchev–Trinajstić information content (AvgIpc) is 2.45. The fourth-order valence-electron chi connectivity index (χ4n) is 1.78. The molecule has 2 aromatic carbocycles. The highest BCUT2D eigenvalue weighted by atomic mass is 127. The van der Waals surface area contributed by atoms with Crippen LogP contribution in [0.1, 0.15) is 33.2 Å². The zero-order valence-corrected chi connectivity index (χ0v) is 13.5. The number of carbonyl (C=O) groups excluding carboxylic acids is 1.